The summed E-state index contributed by atoms with van der Waals surface area (Å²) >= 11 is 6.08. The molecule has 0 aliphatic carbocycles. The number of nitrogens with zero attached hydrogens (tertiary/aromatic N) is 2. The number of rotatable bonds is 4. The number of carbonyl (C=O) groups is 2. The van der Waals surface area contributed by atoms with Crippen LogP contribution in [0.15, 0.2) is 24.3 Å². The highest BCUT2D eigenvalue weighted by atomic mass is 35.5. The van der Waals surface area contributed by atoms with E-state index >= 15 is 0 Å². The van der Waals surface area contributed by atoms with Crippen LogP contribution < -0.4 is 0 Å². The van der Waals surface area contributed by atoms with Gasteiger partial charge in [-0.2, -0.15) is 0 Å². The van der Waals surface area contributed by atoms with Crippen molar-refractivity contribution >= 4 is 23.6 Å². The SMILES string of the molecule is CN(Cc1ccccc1Cl)C(=O)N(CC(=O)O)C(C)(C)C. The molecule has 0 bridgehead atoms. The molecule has 6 heteroatoms. The lowest BCUT2D eigenvalue weighted by Gasteiger charge is -2.37. The van der Waals surface area contributed by atoms with Crippen LogP contribution in [0.2, 0.25) is 5.02 Å². The Kier molecular flexibility index (Phi) is 5.61. The standard InChI is InChI=1S/C15H21ClN2O3/c1-15(2,3)18(10-13(19)20)14(21)17(4)9-11-7-5-6-8-12(11)16/h5-8H,9-10H2,1-4H3,(H,19,20). The first-order chi connectivity index (χ1) is 9.62. The predicted octanol–water partition coefficient (Wildman–Crippen LogP) is 3.08. The van der Waals surface area contributed by atoms with Gasteiger partial charge in [-0.05, 0) is 32.4 Å². The lowest BCUT2D eigenvalue weighted by molar-refractivity contribution is -0.138. The molecular weight excluding hydrogens is 292 g/mol. The van der Waals surface area contributed by atoms with Gasteiger partial charge >= 0.3 is 12.0 Å². The maximum Gasteiger partial charge on any atom is 0.323 e. The first-order valence-corrected chi connectivity index (χ1v) is 6.98. The van der Waals surface area contributed by atoms with E-state index in [0.717, 1.165) is 5.56 Å². The van der Waals surface area contributed by atoms with Gasteiger partial charge in [0.25, 0.3) is 0 Å². The van der Waals surface area contributed by atoms with Crippen molar-refractivity contribution in [3.8, 4) is 0 Å². The van der Waals surface area contributed by atoms with Crippen molar-refractivity contribution in [1.29, 1.82) is 0 Å². The zero-order valence-electron chi connectivity index (χ0n) is 12.8. The van der Waals surface area contributed by atoms with Crippen LogP contribution in [-0.4, -0.2) is 46.0 Å². The minimum Gasteiger partial charge on any atom is -0.480 e. The number of amides is 2. The molecule has 2 amide bonds. The highest BCUT2D eigenvalue weighted by Crippen LogP contribution is 2.19. The van der Waals surface area contributed by atoms with Crippen LogP contribution >= 0.6 is 11.6 Å². The van der Waals surface area contributed by atoms with Gasteiger partial charge in [0.05, 0.1) is 0 Å². The van der Waals surface area contributed by atoms with Gasteiger partial charge in [-0.25, -0.2) is 4.79 Å². The summed E-state index contributed by atoms with van der Waals surface area (Å²) < 4.78 is 0. The van der Waals surface area contributed by atoms with Gasteiger partial charge in [0.15, 0.2) is 0 Å². The number of aliphatic carboxylic acids is 1. The molecule has 5 nitrogen and oxygen atoms in total. The summed E-state index contributed by atoms with van der Waals surface area (Å²) in [7, 11) is 1.63. The molecule has 1 aromatic rings. The van der Waals surface area contributed by atoms with Crippen LogP contribution in [0.4, 0.5) is 4.79 Å². The lowest BCUT2D eigenvalue weighted by Crippen LogP contribution is -2.52. The highest BCUT2D eigenvalue weighted by Gasteiger charge is 2.30. The molecule has 116 valence electrons. The summed E-state index contributed by atoms with van der Waals surface area (Å²) in [6.45, 7) is 5.39. The molecule has 21 heavy (non-hydrogen) atoms. The Bertz CT molecular complexity index is 526. The topological polar surface area (TPSA) is 60.9 Å². The average molecular weight is 313 g/mol. The summed E-state index contributed by atoms with van der Waals surface area (Å²) in [6.07, 6.45) is 0. The van der Waals surface area contributed by atoms with Crippen LogP contribution in [0.3, 0.4) is 0 Å². The number of halogens is 1. The molecule has 0 spiro atoms. The fourth-order valence-electron chi connectivity index (χ4n) is 1.88. The van der Waals surface area contributed by atoms with E-state index in [1.165, 1.54) is 9.80 Å². The molecule has 0 saturated heterocycles. The summed E-state index contributed by atoms with van der Waals surface area (Å²) in [5.41, 5.74) is 0.240. The first kappa shape index (κ1) is 17.3. The second-order valence-electron chi connectivity index (χ2n) is 5.88. The van der Waals surface area contributed by atoms with E-state index in [4.69, 9.17) is 16.7 Å². The summed E-state index contributed by atoms with van der Waals surface area (Å²) in [5.74, 6) is -1.04. The molecule has 0 radical (unpaired) electrons. The Hall–Kier alpha value is -1.75. The Morgan fingerprint density at radius 2 is 1.81 bits per heavy atom. The van der Waals surface area contributed by atoms with Crippen LogP contribution in [0, 0.1) is 0 Å². The van der Waals surface area contributed by atoms with Gasteiger partial charge in [0.2, 0.25) is 0 Å². The van der Waals surface area contributed by atoms with Crippen molar-refractivity contribution < 1.29 is 14.7 Å². The third kappa shape index (κ3) is 4.93. The molecule has 1 aromatic carbocycles. The highest BCUT2D eigenvalue weighted by molar-refractivity contribution is 6.31. The van der Waals surface area contributed by atoms with Crippen LogP contribution in [0.25, 0.3) is 0 Å². The van der Waals surface area contributed by atoms with E-state index in [1.807, 2.05) is 18.2 Å². The average Bonchev–Trinajstić information content (AvgIpc) is 2.36. The minimum absolute atomic E-state index is 0.324. The molecule has 1 N–H and O–H groups in total. The molecule has 0 atom stereocenters. The van der Waals surface area contributed by atoms with Gasteiger partial charge in [0, 0.05) is 24.2 Å². The molecule has 0 heterocycles. The minimum atomic E-state index is -1.04. The third-order valence-electron chi connectivity index (χ3n) is 3.03. The van der Waals surface area contributed by atoms with Crippen molar-refractivity contribution in [1.82, 2.24) is 9.80 Å². The van der Waals surface area contributed by atoms with E-state index in [-0.39, 0.29) is 12.6 Å². The molecule has 0 saturated carbocycles. The third-order valence-corrected chi connectivity index (χ3v) is 3.39. The zero-order valence-corrected chi connectivity index (χ0v) is 13.5. The Morgan fingerprint density at radius 1 is 1.24 bits per heavy atom. The number of urea groups is 1. The van der Waals surface area contributed by atoms with Gasteiger partial charge in [-0.3, -0.25) is 4.79 Å². The van der Waals surface area contributed by atoms with Crippen molar-refractivity contribution in [2.45, 2.75) is 32.9 Å². The smallest absolute Gasteiger partial charge is 0.323 e. The molecule has 0 fully saturated rings. The fraction of sp³-hybridized carbons (Fsp3) is 0.467. The summed E-state index contributed by atoms with van der Waals surface area (Å²) in [5, 5.41) is 9.56. The van der Waals surface area contributed by atoms with Crippen molar-refractivity contribution in [3.63, 3.8) is 0 Å². The van der Waals surface area contributed by atoms with Gasteiger partial charge < -0.3 is 14.9 Å². The monoisotopic (exact) mass is 312 g/mol. The van der Waals surface area contributed by atoms with E-state index < -0.39 is 11.5 Å². The maximum absolute atomic E-state index is 12.5. The number of carboxylic acid groups (broad SMARTS) is 1. The van der Waals surface area contributed by atoms with E-state index in [0.29, 0.717) is 11.6 Å². The maximum atomic E-state index is 12.5. The largest absolute Gasteiger partial charge is 0.480 e. The predicted molar refractivity (Wildman–Crippen MR) is 82.4 cm³/mol. The van der Waals surface area contributed by atoms with Crippen molar-refractivity contribution in [3.05, 3.63) is 34.9 Å². The van der Waals surface area contributed by atoms with Crippen LogP contribution in [0.5, 0.6) is 0 Å². The number of hydrogen-bond donors (Lipinski definition) is 1. The molecule has 1 rings (SSSR count). The Labute approximate surface area is 130 Å². The van der Waals surface area contributed by atoms with Gasteiger partial charge in [-0.1, -0.05) is 29.8 Å². The molecular formula is C15H21ClN2O3. The van der Waals surface area contributed by atoms with Gasteiger partial charge in [-0.15, -0.1) is 0 Å². The van der Waals surface area contributed by atoms with Gasteiger partial charge in [0.1, 0.15) is 6.54 Å². The number of carboxylic acids is 1. The second kappa shape index (κ2) is 6.80. The Morgan fingerprint density at radius 3 is 2.29 bits per heavy atom. The van der Waals surface area contributed by atoms with E-state index in [2.05, 4.69) is 0 Å². The molecule has 0 aliphatic heterocycles. The quantitative estimate of drug-likeness (QED) is 0.929. The number of hydrogen-bond acceptors (Lipinski definition) is 2. The normalized spacial score (nSPS) is 11.1. The van der Waals surface area contributed by atoms with Crippen molar-refractivity contribution in [2.24, 2.45) is 0 Å². The zero-order chi connectivity index (χ0) is 16.2. The van der Waals surface area contributed by atoms with Crippen LogP contribution in [0.1, 0.15) is 26.3 Å². The molecule has 0 aromatic heterocycles. The Balaban J connectivity index is 2.88. The summed E-state index contributed by atoms with van der Waals surface area (Å²) in [4.78, 5) is 26.2. The number of benzene rings is 1. The summed E-state index contributed by atoms with van der Waals surface area (Å²) in [6, 6.07) is 6.92. The lowest BCUT2D eigenvalue weighted by atomic mass is 10.1. The molecule has 0 unspecified atom stereocenters. The van der Waals surface area contributed by atoms with E-state index in [1.54, 1.807) is 33.9 Å². The molecule has 0 aliphatic rings. The van der Waals surface area contributed by atoms with E-state index in [9.17, 15) is 9.59 Å². The fourth-order valence-corrected chi connectivity index (χ4v) is 2.08. The van der Waals surface area contributed by atoms with Crippen LogP contribution in [-0.2, 0) is 11.3 Å². The second-order valence-corrected chi connectivity index (χ2v) is 6.29. The number of carbonyl (C=O) groups excluding carboxylic acids is 1. The van der Waals surface area contributed by atoms with Crippen molar-refractivity contribution in [2.75, 3.05) is 13.6 Å². The first-order valence-electron chi connectivity index (χ1n) is 6.61.